The fraction of sp³-hybridized carbons (Fsp3) is 0.548. The van der Waals surface area contributed by atoms with Gasteiger partial charge in [0.1, 0.15) is 17.6 Å². The Balaban J connectivity index is 1.17. The van der Waals surface area contributed by atoms with E-state index in [4.69, 9.17) is 16.3 Å². The number of carbonyl (C=O) groups excluding carboxylic acids is 2. The van der Waals surface area contributed by atoms with E-state index in [1.54, 1.807) is 11.6 Å². The first-order valence-electron chi connectivity index (χ1n) is 15.1. The summed E-state index contributed by atoms with van der Waals surface area (Å²) < 4.78 is 64.5. The number of aliphatic hydroxyl groups is 1. The van der Waals surface area contributed by atoms with Crippen LogP contribution in [0.25, 0.3) is 0 Å². The Kier molecular flexibility index (Phi) is 8.22. The van der Waals surface area contributed by atoms with Gasteiger partial charge in [0.2, 0.25) is 0 Å². The molecule has 14 heteroatoms. The van der Waals surface area contributed by atoms with Crippen molar-refractivity contribution in [2.24, 2.45) is 18.9 Å². The van der Waals surface area contributed by atoms with E-state index in [1.165, 1.54) is 36.3 Å². The first kappa shape index (κ1) is 31.5. The number of fused-ring (bicyclic) bond motifs is 1. The van der Waals surface area contributed by atoms with E-state index in [0.717, 1.165) is 6.07 Å². The van der Waals surface area contributed by atoms with Gasteiger partial charge in [-0.05, 0) is 81.4 Å². The van der Waals surface area contributed by atoms with Crippen molar-refractivity contribution in [1.82, 2.24) is 19.3 Å². The Morgan fingerprint density at radius 1 is 1.13 bits per heavy atom. The van der Waals surface area contributed by atoms with Gasteiger partial charge in [0.15, 0.2) is 5.69 Å². The van der Waals surface area contributed by atoms with E-state index in [0.29, 0.717) is 55.6 Å². The van der Waals surface area contributed by atoms with Gasteiger partial charge in [0, 0.05) is 37.3 Å². The molecule has 45 heavy (non-hydrogen) atoms. The molecule has 0 bridgehead atoms. The van der Waals surface area contributed by atoms with Crippen molar-refractivity contribution in [1.29, 1.82) is 0 Å². The van der Waals surface area contributed by atoms with Crippen molar-refractivity contribution >= 4 is 29.2 Å². The quantitative estimate of drug-likeness (QED) is 0.232. The molecule has 0 radical (unpaired) electrons. The van der Waals surface area contributed by atoms with Crippen LogP contribution in [0.3, 0.4) is 0 Å². The van der Waals surface area contributed by atoms with Crippen LogP contribution in [0.4, 0.5) is 23.2 Å². The number of imidazole rings is 1. The summed E-state index contributed by atoms with van der Waals surface area (Å²) in [4.78, 5) is 29.0. The molecule has 1 amide bonds. The average molecular weight is 652 g/mol. The van der Waals surface area contributed by atoms with E-state index in [-0.39, 0.29) is 59.3 Å². The zero-order valence-electron chi connectivity index (χ0n) is 24.8. The normalized spacial score (nSPS) is 28.2. The standard InChI is InChI=1S/C31H34ClF4N5O4/c1-16(42)45-22-6-4-21(5-7-22)41-14-23(28(39-41)31(34,35)36)30(44)12-18-9-17(10-19(18)13-30)26-27(40(2)15-37-26)29(43)38-20-3-8-25(33)24(32)11-20/h3,8,11,14-15,17-19,21-22,44H,4-7,9-10,12-13H2,1-2H3,(H,38,43). The third kappa shape index (κ3) is 6.20. The smallest absolute Gasteiger partial charge is 0.435 e. The fourth-order valence-electron chi connectivity index (χ4n) is 7.68. The van der Waals surface area contributed by atoms with Crippen LogP contribution in [0.15, 0.2) is 30.7 Å². The highest BCUT2D eigenvalue weighted by Gasteiger charge is 2.54. The van der Waals surface area contributed by atoms with Gasteiger partial charge in [-0.1, -0.05) is 11.6 Å². The molecule has 2 unspecified atom stereocenters. The minimum Gasteiger partial charge on any atom is -0.463 e. The SMILES string of the molecule is CC(=O)OC1CCC(n2cc(C3(O)CC4CC(c5ncn(C)c5C(=O)Nc5ccc(F)c(Cl)c5)CC4C3)c(C(F)(F)F)n2)CC1. The van der Waals surface area contributed by atoms with Crippen LogP contribution in [0.1, 0.15) is 97.7 Å². The molecular weight excluding hydrogens is 618 g/mol. The third-order valence-corrected chi connectivity index (χ3v) is 9.93. The average Bonchev–Trinajstić information content (AvgIpc) is 3.72. The van der Waals surface area contributed by atoms with Crippen LogP contribution in [0.5, 0.6) is 0 Å². The topological polar surface area (TPSA) is 111 Å². The molecule has 242 valence electrons. The highest BCUT2D eigenvalue weighted by Crippen LogP contribution is 2.58. The number of amides is 1. The van der Waals surface area contributed by atoms with Crippen molar-refractivity contribution in [2.45, 2.75) is 88.1 Å². The zero-order chi connectivity index (χ0) is 32.3. The van der Waals surface area contributed by atoms with Crippen LogP contribution in [-0.2, 0) is 28.4 Å². The number of hydrogen-bond acceptors (Lipinski definition) is 6. The maximum Gasteiger partial charge on any atom is 0.435 e. The Morgan fingerprint density at radius 3 is 2.40 bits per heavy atom. The number of aryl methyl sites for hydroxylation is 1. The highest BCUT2D eigenvalue weighted by molar-refractivity contribution is 6.31. The van der Waals surface area contributed by atoms with Gasteiger partial charge in [-0.25, -0.2) is 9.37 Å². The van der Waals surface area contributed by atoms with Crippen molar-refractivity contribution in [2.75, 3.05) is 5.32 Å². The minimum absolute atomic E-state index is 0.0718. The number of anilines is 1. The summed E-state index contributed by atoms with van der Waals surface area (Å²) in [5.74, 6) is -1.69. The number of nitrogens with one attached hydrogen (secondary N) is 1. The summed E-state index contributed by atoms with van der Waals surface area (Å²) in [7, 11) is 1.69. The predicted molar refractivity (Wildman–Crippen MR) is 155 cm³/mol. The van der Waals surface area contributed by atoms with Crippen molar-refractivity contribution in [3.8, 4) is 0 Å². The Bertz CT molecular complexity index is 1600. The van der Waals surface area contributed by atoms with Gasteiger partial charge in [-0.2, -0.15) is 18.3 Å². The molecule has 3 saturated carbocycles. The van der Waals surface area contributed by atoms with Crippen LogP contribution in [0.2, 0.25) is 5.02 Å². The largest absolute Gasteiger partial charge is 0.463 e. The van der Waals surface area contributed by atoms with E-state index in [9.17, 15) is 32.3 Å². The molecule has 2 atom stereocenters. The Hall–Kier alpha value is -3.45. The first-order valence-corrected chi connectivity index (χ1v) is 15.4. The lowest BCUT2D eigenvalue weighted by Crippen LogP contribution is -2.26. The molecule has 3 aromatic rings. The second-order valence-electron chi connectivity index (χ2n) is 12.7. The summed E-state index contributed by atoms with van der Waals surface area (Å²) in [5, 5.41) is 18.3. The molecule has 0 aliphatic heterocycles. The number of ether oxygens (including phenoxy) is 1. The predicted octanol–water partition coefficient (Wildman–Crippen LogP) is 6.52. The number of rotatable bonds is 6. The van der Waals surface area contributed by atoms with Gasteiger partial charge in [-0.3, -0.25) is 14.3 Å². The third-order valence-electron chi connectivity index (χ3n) is 9.64. The molecule has 3 aliphatic carbocycles. The molecule has 0 saturated heterocycles. The Labute approximate surface area is 261 Å². The van der Waals surface area contributed by atoms with Crippen molar-refractivity contribution in [3.05, 3.63) is 64.2 Å². The highest BCUT2D eigenvalue weighted by atomic mass is 35.5. The summed E-state index contributed by atoms with van der Waals surface area (Å²) in [6.07, 6.45) is 1.39. The van der Waals surface area contributed by atoms with Gasteiger partial charge in [-0.15, -0.1) is 0 Å². The number of hydrogen-bond donors (Lipinski definition) is 2. The number of benzene rings is 1. The molecule has 2 heterocycles. The van der Waals surface area contributed by atoms with E-state index in [2.05, 4.69) is 15.4 Å². The second kappa shape index (κ2) is 11.7. The lowest BCUT2D eigenvalue weighted by Gasteiger charge is -2.28. The maximum absolute atomic E-state index is 14.2. The maximum atomic E-state index is 14.2. The molecule has 3 fully saturated rings. The lowest BCUT2D eigenvalue weighted by molar-refractivity contribution is -0.148. The molecule has 0 spiro atoms. The number of esters is 1. The molecule has 9 nitrogen and oxygen atoms in total. The van der Waals surface area contributed by atoms with Crippen molar-refractivity contribution in [3.63, 3.8) is 0 Å². The molecule has 6 rings (SSSR count). The zero-order valence-corrected chi connectivity index (χ0v) is 25.5. The molecule has 3 aliphatic rings. The summed E-state index contributed by atoms with van der Waals surface area (Å²) in [6.45, 7) is 1.33. The van der Waals surface area contributed by atoms with Crippen LogP contribution in [-0.4, -0.2) is 42.4 Å². The first-order chi connectivity index (χ1) is 21.2. The summed E-state index contributed by atoms with van der Waals surface area (Å²) in [5.41, 5.74) is -1.71. The monoisotopic (exact) mass is 651 g/mol. The number of halogens is 5. The fourth-order valence-corrected chi connectivity index (χ4v) is 7.87. The number of nitrogens with zero attached hydrogens (tertiary/aromatic N) is 4. The van der Waals surface area contributed by atoms with Gasteiger partial charge < -0.3 is 19.7 Å². The van der Waals surface area contributed by atoms with Crippen LogP contribution < -0.4 is 5.32 Å². The minimum atomic E-state index is -4.74. The second-order valence-corrected chi connectivity index (χ2v) is 13.1. The molecular formula is C31H34ClF4N5O4. The van der Waals surface area contributed by atoms with Gasteiger partial charge >= 0.3 is 12.1 Å². The van der Waals surface area contributed by atoms with Crippen LogP contribution >= 0.6 is 11.6 Å². The molecule has 1 aromatic carbocycles. The van der Waals surface area contributed by atoms with Crippen molar-refractivity contribution < 1.29 is 37.0 Å². The Morgan fingerprint density at radius 2 is 1.80 bits per heavy atom. The van der Waals surface area contributed by atoms with E-state index in [1.807, 2.05) is 0 Å². The summed E-state index contributed by atoms with van der Waals surface area (Å²) in [6, 6.07) is 3.59. The van der Waals surface area contributed by atoms with Gasteiger partial charge in [0.25, 0.3) is 5.91 Å². The molecule has 2 aromatic heterocycles. The number of alkyl halides is 3. The summed E-state index contributed by atoms with van der Waals surface area (Å²) >= 11 is 5.86. The van der Waals surface area contributed by atoms with E-state index >= 15 is 0 Å². The van der Waals surface area contributed by atoms with Crippen LogP contribution in [0, 0.1) is 17.7 Å². The van der Waals surface area contributed by atoms with E-state index < -0.39 is 29.2 Å². The van der Waals surface area contributed by atoms with Gasteiger partial charge in [0.05, 0.1) is 28.7 Å². The number of carbonyl (C=O) groups is 2. The number of aromatic nitrogens is 4. The molecule has 2 N–H and O–H groups in total. The lowest BCUT2D eigenvalue weighted by atomic mass is 9.87.